The van der Waals surface area contributed by atoms with E-state index in [0.717, 1.165) is 12.8 Å². The lowest BCUT2D eigenvalue weighted by Crippen LogP contribution is -2.34. The molecule has 1 aliphatic rings. The summed E-state index contributed by atoms with van der Waals surface area (Å²) in [5, 5.41) is -0.652. The maximum atomic E-state index is 13.9. The van der Waals surface area contributed by atoms with Crippen molar-refractivity contribution in [3.8, 4) is 0 Å². The lowest BCUT2D eigenvalue weighted by Gasteiger charge is -2.29. The number of rotatable bonds is 2. The second kappa shape index (κ2) is 4.50. The lowest BCUT2D eigenvalue weighted by molar-refractivity contribution is 0.396. The summed E-state index contributed by atoms with van der Waals surface area (Å²) in [5.74, 6) is -2.97. The predicted octanol–water partition coefficient (Wildman–Crippen LogP) is 3.53. The maximum Gasteiger partial charge on any atom is 0.151 e. The average molecular weight is 264 g/mol. The molecule has 2 N–H and O–H groups in total. The van der Waals surface area contributed by atoms with Gasteiger partial charge in [-0.3, -0.25) is 0 Å². The number of nitrogens with two attached hydrogens (primary N) is 1. The van der Waals surface area contributed by atoms with Crippen molar-refractivity contribution in [3.05, 3.63) is 34.1 Å². The minimum Gasteiger partial charge on any atom is -0.330 e. The minimum absolute atomic E-state index is 0.142. The Hall–Kier alpha value is -0.740. The van der Waals surface area contributed by atoms with Crippen LogP contribution >= 0.6 is 11.6 Å². The molecule has 0 heterocycles. The monoisotopic (exact) mass is 263 g/mol. The van der Waals surface area contributed by atoms with Gasteiger partial charge in [0.05, 0.1) is 0 Å². The van der Waals surface area contributed by atoms with Gasteiger partial charge in [0.25, 0.3) is 0 Å². The first-order valence-electron chi connectivity index (χ1n) is 5.55. The molecule has 0 bridgehead atoms. The number of benzene rings is 1. The van der Waals surface area contributed by atoms with Crippen LogP contribution < -0.4 is 5.73 Å². The molecule has 17 heavy (non-hydrogen) atoms. The summed E-state index contributed by atoms with van der Waals surface area (Å²) in [6.45, 7) is 0.142. The quantitative estimate of drug-likeness (QED) is 0.641. The van der Waals surface area contributed by atoms with Crippen LogP contribution in [0.3, 0.4) is 0 Å². The molecule has 1 fully saturated rings. The fourth-order valence-electron chi connectivity index (χ4n) is 2.66. The van der Waals surface area contributed by atoms with Crippen molar-refractivity contribution in [2.45, 2.75) is 31.1 Å². The van der Waals surface area contributed by atoms with Crippen LogP contribution in [-0.2, 0) is 5.41 Å². The Balaban J connectivity index is 2.62. The molecule has 0 amide bonds. The van der Waals surface area contributed by atoms with Crippen LogP contribution in [0.2, 0.25) is 5.02 Å². The zero-order chi connectivity index (χ0) is 12.6. The van der Waals surface area contributed by atoms with Gasteiger partial charge in [0.15, 0.2) is 5.82 Å². The van der Waals surface area contributed by atoms with E-state index in [2.05, 4.69) is 0 Å². The van der Waals surface area contributed by atoms with Crippen LogP contribution in [0.15, 0.2) is 6.07 Å². The number of halogens is 4. The first-order chi connectivity index (χ1) is 8.02. The van der Waals surface area contributed by atoms with E-state index < -0.39 is 27.9 Å². The molecule has 1 aliphatic carbocycles. The Morgan fingerprint density at radius 3 is 2.29 bits per heavy atom. The van der Waals surface area contributed by atoms with Gasteiger partial charge in [0.1, 0.15) is 16.7 Å². The van der Waals surface area contributed by atoms with Crippen molar-refractivity contribution in [1.82, 2.24) is 0 Å². The number of hydrogen-bond donors (Lipinski definition) is 1. The zero-order valence-corrected chi connectivity index (χ0v) is 9.96. The second-order valence-electron chi connectivity index (χ2n) is 4.53. The van der Waals surface area contributed by atoms with Crippen LogP contribution in [0.1, 0.15) is 31.2 Å². The first kappa shape index (κ1) is 12.7. The fraction of sp³-hybridized carbons (Fsp3) is 0.500. The van der Waals surface area contributed by atoms with E-state index in [1.807, 2.05) is 0 Å². The summed E-state index contributed by atoms with van der Waals surface area (Å²) in [5.41, 5.74) is 4.78. The Labute approximate surface area is 103 Å². The maximum absolute atomic E-state index is 13.9. The molecule has 0 aromatic heterocycles. The van der Waals surface area contributed by atoms with Crippen LogP contribution in [0.25, 0.3) is 0 Å². The van der Waals surface area contributed by atoms with E-state index >= 15 is 0 Å². The summed E-state index contributed by atoms with van der Waals surface area (Å²) in [7, 11) is 0. The van der Waals surface area contributed by atoms with E-state index in [9.17, 15) is 13.2 Å². The van der Waals surface area contributed by atoms with Crippen molar-refractivity contribution in [2.24, 2.45) is 5.73 Å². The van der Waals surface area contributed by atoms with Crippen molar-refractivity contribution in [2.75, 3.05) is 6.54 Å². The molecule has 94 valence electrons. The first-order valence-corrected chi connectivity index (χ1v) is 5.93. The van der Waals surface area contributed by atoms with Crippen molar-refractivity contribution >= 4 is 11.6 Å². The van der Waals surface area contributed by atoms with Gasteiger partial charge in [-0.05, 0) is 12.8 Å². The molecule has 5 heteroatoms. The van der Waals surface area contributed by atoms with Gasteiger partial charge in [-0.15, -0.1) is 0 Å². The SMILES string of the molecule is NCC1(c2c(F)cc(F)c(Cl)c2F)CCCC1. The summed E-state index contributed by atoms with van der Waals surface area (Å²) in [6, 6.07) is 0.635. The van der Waals surface area contributed by atoms with E-state index in [0.29, 0.717) is 18.9 Å². The fourth-order valence-corrected chi connectivity index (χ4v) is 2.81. The third-order valence-electron chi connectivity index (χ3n) is 3.60. The normalized spacial score (nSPS) is 18.6. The summed E-state index contributed by atoms with van der Waals surface area (Å²) in [4.78, 5) is 0. The largest absolute Gasteiger partial charge is 0.330 e. The molecule has 1 aromatic rings. The topological polar surface area (TPSA) is 26.0 Å². The highest BCUT2D eigenvalue weighted by atomic mass is 35.5. The van der Waals surface area contributed by atoms with Gasteiger partial charge >= 0.3 is 0 Å². The average Bonchev–Trinajstić information content (AvgIpc) is 2.76. The molecule has 0 unspecified atom stereocenters. The smallest absolute Gasteiger partial charge is 0.151 e. The molecule has 0 spiro atoms. The standard InChI is InChI=1S/C12H13ClF3N/c13-10-8(15)5-7(14)9(11(10)16)12(6-17)3-1-2-4-12/h5H,1-4,6,17H2. The van der Waals surface area contributed by atoms with Crippen molar-refractivity contribution < 1.29 is 13.2 Å². The van der Waals surface area contributed by atoms with E-state index in [-0.39, 0.29) is 12.1 Å². The van der Waals surface area contributed by atoms with Crippen molar-refractivity contribution in [1.29, 1.82) is 0 Å². The third kappa shape index (κ3) is 1.93. The minimum atomic E-state index is -1.07. The molecule has 0 aliphatic heterocycles. The highest BCUT2D eigenvalue weighted by Crippen LogP contribution is 2.44. The Morgan fingerprint density at radius 1 is 1.18 bits per heavy atom. The molecule has 1 aromatic carbocycles. The Morgan fingerprint density at radius 2 is 1.76 bits per heavy atom. The van der Waals surface area contributed by atoms with Crippen molar-refractivity contribution in [3.63, 3.8) is 0 Å². The van der Waals surface area contributed by atoms with E-state index in [1.165, 1.54) is 0 Å². The highest BCUT2D eigenvalue weighted by molar-refractivity contribution is 6.31. The van der Waals surface area contributed by atoms with E-state index in [4.69, 9.17) is 17.3 Å². The molecule has 0 radical (unpaired) electrons. The summed E-state index contributed by atoms with van der Waals surface area (Å²) in [6.07, 6.45) is 2.95. The van der Waals surface area contributed by atoms with Gasteiger partial charge in [0.2, 0.25) is 0 Å². The molecular formula is C12H13ClF3N. The Kier molecular flexibility index (Phi) is 3.36. The van der Waals surface area contributed by atoms with Gasteiger partial charge < -0.3 is 5.73 Å². The van der Waals surface area contributed by atoms with Crippen LogP contribution in [-0.4, -0.2) is 6.54 Å². The predicted molar refractivity (Wildman–Crippen MR) is 60.5 cm³/mol. The second-order valence-corrected chi connectivity index (χ2v) is 4.91. The van der Waals surface area contributed by atoms with Crippen LogP contribution in [0.4, 0.5) is 13.2 Å². The Bertz CT molecular complexity index is 442. The third-order valence-corrected chi connectivity index (χ3v) is 3.94. The van der Waals surface area contributed by atoms with Gasteiger partial charge in [-0.1, -0.05) is 24.4 Å². The molecule has 0 atom stereocenters. The molecule has 1 saturated carbocycles. The molecule has 2 rings (SSSR count). The van der Waals surface area contributed by atoms with Crippen LogP contribution in [0, 0.1) is 17.5 Å². The zero-order valence-electron chi connectivity index (χ0n) is 9.20. The molecule has 1 nitrogen and oxygen atoms in total. The molecule has 0 saturated heterocycles. The summed E-state index contributed by atoms with van der Waals surface area (Å²) >= 11 is 5.49. The van der Waals surface area contributed by atoms with Crippen LogP contribution in [0.5, 0.6) is 0 Å². The summed E-state index contributed by atoms with van der Waals surface area (Å²) < 4.78 is 40.8. The van der Waals surface area contributed by atoms with Gasteiger partial charge in [0, 0.05) is 23.6 Å². The molecular weight excluding hydrogens is 251 g/mol. The van der Waals surface area contributed by atoms with Gasteiger partial charge in [-0.2, -0.15) is 0 Å². The highest BCUT2D eigenvalue weighted by Gasteiger charge is 2.40. The van der Waals surface area contributed by atoms with Gasteiger partial charge in [-0.25, -0.2) is 13.2 Å². The number of hydrogen-bond acceptors (Lipinski definition) is 1. The van der Waals surface area contributed by atoms with E-state index in [1.54, 1.807) is 0 Å². The lowest BCUT2D eigenvalue weighted by atomic mass is 9.78.